The first-order valence-corrected chi connectivity index (χ1v) is 12.8. The summed E-state index contributed by atoms with van der Waals surface area (Å²) in [5, 5.41) is 12.9. The third kappa shape index (κ3) is 7.43. The fourth-order valence-electron chi connectivity index (χ4n) is 3.97. The van der Waals surface area contributed by atoms with Gasteiger partial charge in [0.2, 0.25) is 15.9 Å². The van der Waals surface area contributed by atoms with Crippen molar-refractivity contribution in [2.24, 2.45) is 5.14 Å². The lowest BCUT2D eigenvalue weighted by molar-refractivity contribution is -0.137. The Morgan fingerprint density at radius 3 is 2.08 bits per heavy atom. The van der Waals surface area contributed by atoms with Gasteiger partial charge in [0.15, 0.2) is 0 Å². The molecular formula is C23H26F3N5O5S. The number of nitrogens with one attached hydrogen (secondary N) is 3. The van der Waals surface area contributed by atoms with Crippen LogP contribution in [0.5, 0.6) is 0 Å². The van der Waals surface area contributed by atoms with Crippen molar-refractivity contribution >= 4 is 33.4 Å². The molecule has 0 saturated heterocycles. The van der Waals surface area contributed by atoms with Gasteiger partial charge in [-0.15, -0.1) is 0 Å². The van der Waals surface area contributed by atoms with E-state index in [1.54, 1.807) is 0 Å². The summed E-state index contributed by atoms with van der Waals surface area (Å²) in [6.45, 7) is -0.513. The molecule has 0 unspecified atom stereocenters. The Labute approximate surface area is 211 Å². The van der Waals surface area contributed by atoms with Crippen molar-refractivity contribution in [2.75, 3.05) is 12.3 Å². The number of amides is 3. The number of benzene rings is 2. The Balaban J connectivity index is 1.58. The maximum absolute atomic E-state index is 12.9. The van der Waals surface area contributed by atoms with Crippen LogP contribution in [0.1, 0.15) is 52.0 Å². The van der Waals surface area contributed by atoms with Crippen LogP contribution in [0.4, 0.5) is 18.9 Å². The Hall–Kier alpha value is -3.65. The van der Waals surface area contributed by atoms with Crippen LogP contribution >= 0.6 is 0 Å². The van der Waals surface area contributed by atoms with Crippen LogP contribution in [0.3, 0.4) is 0 Å². The molecule has 14 heteroatoms. The molecule has 3 rings (SSSR count). The van der Waals surface area contributed by atoms with Crippen molar-refractivity contribution in [3.05, 3.63) is 59.2 Å². The van der Waals surface area contributed by atoms with E-state index < -0.39 is 63.7 Å². The van der Waals surface area contributed by atoms with Gasteiger partial charge < -0.3 is 21.7 Å². The Morgan fingerprint density at radius 2 is 1.51 bits per heavy atom. The van der Waals surface area contributed by atoms with Crippen LogP contribution in [0.2, 0.25) is 0 Å². The molecule has 37 heavy (non-hydrogen) atoms. The van der Waals surface area contributed by atoms with Crippen molar-refractivity contribution in [3.63, 3.8) is 0 Å². The molecule has 7 N–H and O–H groups in total. The zero-order valence-corrected chi connectivity index (χ0v) is 20.3. The topological polar surface area (TPSA) is 173 Å². The zero-order valence-electron chi connectivity index (χ0n) is 19.5. The number of nitrogens with two attached hydrogens (primary N) is 2. The minimum atomic E-state index is -4.66. The third-order valence-electron chi connectivity index (χ3n) is 5.91. The van der Waals surface area contributed by atoms with E-state index in [0.29, 0.717) is 18.9 Å². The fraction of sp³-hybridized carbons (Fsp3) is 0.348. The lowest BCUT2D eigenvalue weighted by Crippen LogP contribution is -2.54. The minimum Gasteiger partial charge on any atom is -0.398 e. The monoisotopic (exact) mass is 541 g/mol. The lowest BCUT2D eigenvalue weighted by atomic mass is 9.90. The highest BCUT2D eigenvalue weighted by molar-refractivity contribution is 7.89. The molecule has 10 nitrogen and oxygen atoms in total. The molecule has 1 aliphatic rings. The fourth-order valence-corrected chi connectivity index (χ4v) is 4.48. The number of carbonyl (C=O) groups excluding carboxylic acids is 3. The van der Waals surface area contributed by atoms with Gasteiger partial charge >= 0.3 is 6.18 Å². The van der Waals surface area contributed by atoms with Crippen molar-refractivity contribution in [1.29, 1.82) is 0 Å². The highest BCUT2D eigenvalue weighted by Crippen LogP contribution is 2.31. The molecule has 3 amide bonds. The van der Waals surface area contributed by atoms with E-state index in [4.69, 9.17) is 10.9 Å². The van der Waals surface area contributed by atoms with Gasteiger partial charge in [0.05, 0.1) is 22.6 Å². The van der Waals surface area contributed by atoms with Gasteiger partial charge in [-0.2, -0.15) is 13.2 Å². The average Bonchev–Trinajstić information content (AvgIpc) is 2.83. The van der Waals surface area contributed by atoms with Gasteiger partial charge in [-0.25, -0.2) is 13.6 Å². The molecule has 1 aliphatic carbocycles. The van der Waals surface area contributed by atoms with Gasteiger partial charge in [0, 0.05) is 23.3 Å². The first kappa shape index (κ1) is 27.9. The molecular weight excluding hydrogens is 515 g/mol. The molecule has 0 aliphatic heterocycles. The van der Waals surface area contributed by atoms with Crippen LogP contribution in [0.15, 0.2) is 47.4 Å². The Bertz CT molecular complexity index is 1280. The second-order valence-corrected chi connectivity index (χ2v) is 10.2. The number of hydrogen-bond acceptors (Lipinski definition) is 6. The first-order chi connectivity index (χ1) is 17.3. The highest BCUT2D eigenvalue weighted by atomic mass is 32.2. The van der Waals surface area contributed by atoms with E-state index in [1.807, 2.05) is 0 Å². The number of sulfonamides is 1. The molecule has 0 aromatic heterocycles. The molecule has 200 valence electrons. The average molecular weight is 542 g/mol. The van der Waals surface area contributed by atoms with Crippen molar-refractivity contribution in [3.8, 4) is 0 Å². The molecule has 2 aromatic carbocycles. The zero-order chi connectivity index (χ0) is 27.4. The molecule has 1 saturated carbocycles. The number of halogens is 3. The van der Waals surface area contributed by atoms with Crippen molar-refractivity contribution < 1.29 is 36.0 Å². The molecule has 0 heterocycles. The Morgan fingerprint density at radius 1 is 0.919 bits per heavy atom. The molecule has 0 radical (unpaired) electrons. The predicted molar refractivity (Wildman–Crippen MR) is 128 cm³/mol. The molecule has 0 bridgehead atoms. The summed E-state index contributed by atoms with van der Waals surface area (Å²) >= 11 is 0. The molecule has 0 spiro atoms. The van der Waals surface area contributed by atoms with Gasteiger partial charge in [-0.1, -0.05) is 12.8 Å². The summed E-state index contributed by atoms with van der Waals surface area (Å²) < 4.78 is 61.6. The van der Waals surface area contributed by atoms with Gasteiger partial charge in [0.25, 0.3) is 11.8 Å². The number of primary sulfonamides is 1. The lowest BCUT2D eigenvalue weighted by Gasteiger charge is -2.33. The van der Waals surface area contributed by atoms with Crippen LogP contribution in [-0.2, 0) is 21.0 Å². The maximum Gasteiger partial charge on any atom is 0.416 e. The molecule has 2 atom stereocenters. The number of nitrogen functional groups attached to an aromatic ring is 1. The minimum absolute atomic E-state index is 0.138. The van der Waals surface area contributed by atoms with E-state index in [0.717, 1.165) is 25.0 Å². The van der Waals surface area contributed by atoms with Crippen LogP contribution < -0.4 is 26.8 Å². The van der Waals surface area contributed by atoms with Crippen LogP contribution in [-0.4, -0.2) is 44.8 Å². The highest BCUT2D eigenvalue weighted by Gasteiger charge is 2.32. The number of hydrogen-bond donors (Lipinski definition) is 5. The summed E-state index contributed by atoms with van der Waals surface area (Å²) in [4.78, 5) is 37.3. The first-order valence-electron chi connectivity index (χ1n) is 11.2. The van der Waals surface area contributed by atoms with E-state index in [2.05, 4.69) is 16.0 Å². The van der Waals surface area contributed by atoms with E-state index in [1.165, 1.54) is 24.3 Å². The van der Waals surface area contributed by atoms with Gasteiger partial charge in [-0.05, 0) is 55.3 Å². The van der Waals surface area contributed by atoms with Gasteiger partial charge in [-0.3, -0.25) is 14.4 Å². The number of carbonyl (C=O) groups is 3. The van der Waals surface area contributed by atoms with E-state index in [9.17, 15) is 36.0 Å². The largest absolute Gasteiger partial charge is 0.416 e. The summed E-state index contributed by atoms with van der Waals surface area (Å²) in [6, 6.07) is 6.52. The number of anilines is 1. The smallest absolute Gasteiger partial charge is 0.398 e. The van der Waals surface area contributed by atoms with Crippen LogP contribution in [0.25, 0.3) is 0 Å². The summed E-state index contributed by atoms with van der Waals surface area (Å²) in [5.74, 6) is -2.00. The van der Waals surface area contributed by atoms with E-state index >= 15 is 0 Å². The van der Waals surface area contributed by atoms with Crippen molar-refractivity contribution in [2.45, 2.75) is 48.8 Å². The second-order valence-electron chi connectivity index (χ2n) is 8.59. The predicted octanol–water partition coefficient (Wildman–Crippen LogP) is 1.52. The standard InChI is InChI=1S/C23H26F3N5O5S/c24-23(25,26)14-7-10-17(27)16(11-14)22(34)29-12-20(32)30-18-3-1-2-4-19(18)31-21(33)13-5-8-15(9-6-13)37(28,35)36/h5-11,18-19H,1-4,12,27H2,(H,29,34)(H,30,32)(H,31,33)(H2,28,35,36)/t18-,19+/m1/s1. The molecule has 2 aromatic rings. The van der Waals surface area contributed by atoms with Crippen LogP contribution in [0, 0.1) is 0 Å². The van der Waals surface area contributed by atoms with E-state index in [-0.39, 0.29) is 16.1 Å². The molecule has 1 fully saturated rings. The Kier molecular flexibility index (Phi) is 8.43. The number of alkyl halides is 3. The SMILES string of the molecule is Nc1ccc(C(F)(F)F)cc1C(=O)NCC(=O)N[C@@H]1CCCC[C@@H]1NC(=O)c1ccc(S(N)(=O)=O)cc1. The normalized spacial score (nSPS) is 18.1. The maximum atomic E-state index is 12.9. The third-order valence-corrected chi connectivity index (χ3v) is 6.84. The second kappa shape index (κ2) is 11.2. The number of rotatable bonds is 7. The quantitative estimate of drug-likeness (QED) is 0.332. The van der Waals surface area contributed by atoms with Crippen molar-refractivity contribution in [1.82, 2.24) is 16.0 Å². The summed E-state index contributed by atoms with van der Waals surface area (Å²) in [6.07, 6.45) is -1.96. The summed E-state index contributed by atoms with van der Waals surface area (Å²) in [5.41, 5.74) is 4.21. The van der Waals surface area contributed by atoms with Gasteiger partial charge in [0.1, 0.15) is 0 Å². The summed E-state index contributed by atoms with van der Waals surface area (Å²) in [7, 11) is -3.90.